The van der Waals surface area contributed by atoms with Gasteiger partial charge in [0.25, 0.3) is 0 Å². The Morgan fingerprint density at radius 2 is 2.08 bits per heavy atom. The van der Waals surface area contributed by atoms with E-state index in [9.17, 15) is 0 Å². The molecule has 74 valence electrons. The minimum Gasteiger partial charge on any atom is -0.497 e. The highest BCUT2D eigenvalue weighted by molar-refractivity contribution is 5.26. The van der Waals surface area contributed by atoms with Crippen LogP contribution in [0.15, 0.2) is 23.2 Å². The van der Waals surface area contributed by atoms with Crippen LogP contribution in [0.5, 0.6) is 0 Å². The fourth-order valence-electron chi connectivity index (χ4n) is 1.49. The molecule has 0 aromatic carbocycles. The fourth-order valence-corrected chi connectivity index (χ4v) is 1.49. The highest BCUT2D eigenvalue weighted by atomic mass is 16.5. The standard InChI is InChI=1S/C10H17NO2/c1-12-9-4-3-8(5-6-11)7-10(9)13-2/h7H,3-6,11H2,1-2H3. The van der Waals surface area contributed by atoms with E-state index in [-0.39, 0.29) is 0 Å². The van der Waals surface area contributed by atoms with Gasteiger partial charge in [-0.15, -0.1) is 0 Å². The maximum atomic E-state index is 5.48. The maximum absolute atomic E-state index is 5.48. The largest absolute Gasteiger partial charge is 0.497 e. The minimum absolute atomic E-state index is 0.700. The average Bonchev–Trinajstić information content (AvgIpc) is 2.18. The van der Waals surface area contributed by atoms with Gasteiger partial charge in [0, 0.05) is 6.42 Å². The summed E-state index contributed by atoms with van der Waals surface area (Å²) in [5.74, 6) is 1.78. The molecule has 3 heteroatoms. The lowest BCUT2D eigenvalue weighted by Gasteiger charge is -2.17. The number of allylic oxidation sites excluding steroid dienone is 2. The van der Waals surface area contributed by atoms with Gasteiger partial charge in [0.2, 0.25) is 0 Å². The number of hydrogen-bond donors (Lipinski definition) is 1. The van der Waals surface area contributed by atoms with Crippen molar-refractivity contribution in [3.05, 3.63) is 23.2 Å². The molecular formula is C10H17NO2. The minimum atomic E-state index is 0.700. The van der Waals surface area contributed by atoms with Crippen molar-refractivity contribution in [3.63, 3.8) is 0 Å². The van der Waals surface area contributed by atoms with Crippen molar-refractivity contribution in [1.82, 2.24) is 0 Å². The average molecular weight is 183 g/mol. The lowest BCUT2D eigenvalue weighted by Crippen LogP contribution is -2.06. The summed E-state index contributed by atoms with van der Waals surface area (Å²) in [6, 6.07) is 0. The monoisotopic (exact) mass is 183 g/mol. The van der Waals surface area contributed by atoms with E-state index in [0.717, 1.165) is 30.8 Å². The lowest BCUT2D eigenvalue weighted by atomic mass is 10.00. The number of methoxy groups -OCH3 is 2. The second-order valence-corrected chi connectivity index (χ2v) is 3.04. The molecule has 0 aromatic heterocycles. The van der Waals surface area contributed by atoms with Crippen LogP contribution >= 0.6 is 0 Å². The van der Waals surface area contributed by atoms with Crippen molar-refractivity contribution in [2.75, 3.05) is 20.8 Å². The Bertz CT molecular complexity index is 231. The van der Waals surface area contributed by atoms with Crippen LogP contribution in [0.2, 0.25) is 0 Å². The molecule has 0 heterocycles. The van der Waals surface area contributed by atoms with Crippen LogP contribution < -0.4 is 5.73 Å². The molecule has 0 amide bonds. The van der Waals surface area contributed by atoms with Crippen LogP contribution in [-0.4, -0.2) is 20.8 Å². The van der Waals surface area contributed by atoms with Gasteiger partial charge in [0.15, 0.2) is 5.76 Å². The molecule has 2 N–H and O–H groups in total. The molecule has 0 bridgehead atoms. The van der Waals surface area contributed by atoms with Gasteiger partial charge >= 0.3 is 0 Å². The molecule has 0 spiro atoms. The van der Waals surface area contributed by atoms with Crippen molar-refractivity contribution in [1.29, 1.82) is 0 Å². The molecule has 1 rings (SSSR count). The Morgan fingerprint density at radius 1 is 1.31 bits per heavy atom. The van der Waals surface area contributed by atoms with Crippen LogP contribution in [0.25, 0.3) is 0 Å². The Hall–Kier alpha value is -0.960. The Labute approximate surface area is 79.2 Å². The van der Waals surface area contributed by atoms with Gasteiger partial charge < -0.3 is 15.2 Å². The highest BCUT2D eigenvalue weighted by Crippen LogP contribution is 2.26. The van der Waals surface area contributed by atoms with Crippen LogP contribution in [0, 0.1) is 0 Å². The van der Waals surface area contributed by atoms with Gasteiger partial charge in [-0.2, -0.15) is 0 Å². The summed E-state index contributed by atoms with van der Waals surface area (Å²) in [5, 5.41) is 0. The SMILES string of the molecule is COC1=C(OC)CCC(CCN)=C1. The van der Waals surface area contributed by atoms with E-state index >= 15 is 0 Å². The van der Waals surface area contributed by atoms with E-state index in [4.69, 9.17) is 15.2 Å². The van der Waals surface area contributed by atoms with Gasteiger partial charge in [0.1, 0.15) is 5.76 Å². The third-order valence-electron chi connectivity index (χ3n) is 2.21. The topological polar surface area (TPSA) is 44.5 Å². The Balaban J connectivity index is 2.74. The Kier molecular flexibility index (Phi) is 3.83. The van der Waals surface area contributed by atoms with E-state index in [1.807, 2.05) is 6.08 Å². The first-order valence-electron chi connectivity index (χ1n) is 4.52. The van der Waals surface area contributed by atoms with Crippen molar-refractivity contribution in [2.45, 2.75) is 19.3 Å². The second-order valence-electron chi connectivity index (χ2n) is 3.04. The maximum Gasteiger partial charge on any atom is 0.156 e. The number of hydrogen-bond acceptors (Lipinski definition) is 3. The zero-order chi connectivity index (χ0) is 9.68. The summed E-state index contributed by atoms with van der Waals surface area (Å²) in [7, 11) is 3.34. The van der Waals surface area contributed by atoms with Crippen molar-refractivity contribution in [2.24, 2.45) is 5.73 Å². The summed E-state index contributed by atoms with van der Waals surface area (Å²) in [4.78, 5) is 0. The molecule has 0 aromatic rings. The predicted molar refractivity (Wildman–Crippen MR) is 52.0 cm³/mol. The number of nitrogens with two attached hydrogens (primary N) is 1. The highest BCUT2D eigenvalue weighted by Gasteiger charge is 2.13. The molecule has 0 radical (unpaired) electrons. The van der Waals surface area contributed by atoms with E-state index in [0.29, 0.717) is 6.54 Å². The van der Waals surface area contributed by atoms with E-state index < -0.39 is 0 Å². The molecule has 1 aliphatic carbocycles. The van der Waals surface area contributed by atoms with Crippen molar-refractivity contribution in [3.8, 4) is 0 Å². The molecule has 0 atom stereocenters. The third-order valence-corrected chi connectivity index (χ3v) is 2.21. The second kappa shape index (κ2) is 4.92. The van der Waals surface area contributed by atoms with Crippen molar-refractivity contribution >= 4 is 0 Å². The van der Waals surface area contributed by atoms with E-state index in [1.165, 1.54) is 5.57 Å². The molecular weight excluding hydrogens is 166 g/mol. The van der Waals surface area contributed by atoms with Gasteiger partial charge in [-0.1, -0.05) is 5.57 Å². The fraction of sp³-hybridized carbons (Fsp3) is 0.600. The summed E-state index contributed by atoms with van der Waals surface area (Å²) in [5.41, 5.74) is 6.83. The quantitative estimate of drug-likeness (QED) is 0.719. The number of ether oxygens (including phenoxy) is 2. The number of rotatable bonds is 4. The Morgan fingerprint density at radius 3 is 2.62 bits per heavy atom. The lowest BCUT2D eigenvalue weighted by molar-refractivity contribution is 0.217. The van der Waals surface area contributed by atoms with Crippen LogP contribution in [-0.2, 0) is 9.47 Å². The summed E-state index contributed by atoms with van der Waals surface area (Å²) < 4.78 is 10.4. The molecule has 0 saturated carbocycles. The summed E-state index contributed by atoms with van der Waals surface area (Å²) >= 11 is 0. The summed E-state index contributed by atoms with van der Waals surface area (Å²) in [6.07, 6.45) is 4.94. The predicted octanol–water partition coefficient (Wildman–Crippen LogP) is 1.56. The zero-order valence-corrected chi connectivity index (χ0v) is 8.30. The van der Waals surface area contributed by atoms with Gasteiger partial charge in [-0.3, -0.25) is 0 Å². The van der Waals surface area contributed by atoms with Crippen LogP contribution in [0.4, 0.5) is 0 Å². The summed E-state index contributed by atoms with van der Waals surface area (Å²) in [6.45, 7) is 0.700. The molecule has 1 aliphatic rings. The normalized spacial score (nSPS) is 17.0. The molecule has 3 nitrogen and oxygen atoms in total. The van der Waals surface area contributed by atoms with Gasteiger partial charge in [-0.05, 0) is 25.5 Å². The molecule has 0 saturated heterocycles. The van der Waals surface area contributed by atoms with Crippen LogP contribution in [0.1, 0.15) is 19.3 Å². The smallest absolute Gasteiger partial charge is 0.156 e. The van der Waals surface area contributed by atoms with E-state index in [1.54, 1.807) is 14.2 Å². The first-order chi connectivity index (χ1) is 6.31. The third kappa shape index (κ3) is 2.49. The van der Waals surface area contributed by atoms with Gasteiger partial charge in [-0.25, -0.2) is 0 Å². The van der Waals surface area contributed by atoms with Crippen molar-refractivity contribution < 1.29 is 9.47 Å². The first-order valence-corrected chi connectivity index (χ1v) is 4.52. The molecule has 13 heavy (non-hydrogen) atoms. The van der Waals surface area contributed by atoms with Gasteiger partial charge in [0.05, 0.1) is 14.2 Å². The molecule has 0 aliphatic heterocycles. The van der Waals surface area contributed by atoms with Crippen LogP contribution in [0.3, 0.4) is 0 Å². The zero-order valence-electron chi connectivity index (χ0n) is 8.30. The molecule has 0 unspecified atom stereocenters. The molecule has 0 fully saturated rings. The van der Waals surface area contributed by atoms with E-state index in [2.05, 4.69) is 0 Å². The first kappa shape index (κ1) is 10.1.